The maximum atomic E-state index is 12.6. The monoisotopic (exact) mass is 328 g/mol. The zero-order valence-corrected chi connectivity index (χ0v) is 13.9. The molecule has 4 rings (SSSR count). The summed E-state index contributed by atoms with van der Waals surface area (Å²) < 4.78 is 6.94. The summed E-state index contributed by atoms with van der Waals surface area (Å²) >= 11 is 0. The molecule has 1 unspecified atom stereocenters. The largest absolute Gasteiger partial charge is 0.360 e. The van der Waals surface area contributed by atoms with Crippen molar-refractivity contribution in [1.82, 2.24) is 14.9 Å². The average Bonchev–Trinajstić information content (AvgIpc) is 3.02. The number of hydrogen-bond acceptors (Lipinski definition) is 5. The molecule has 0 bridgehead atoms. The highest BCUT2D eigenvalue weighted by Gasteiger charge is 2.36. The molecule has 1 saturated heterocycles. The molecule has 2 fully saturated rings. The van der Waals surface area contributed by atoms with Crippen LogP contribution in [0.1, 0.15) is 53.5 Å². The first-order chi connectivity index (χ1) is 11.5. The van der Waals surface area contributed by atoms with E-state index >= 15 is 0 Å². The molecule has 24 heavy (non-hydrogen) atoms. The number of aromatic nitrogens is 3. The topological polar surface area (TPSA) is 81.2 Å². The first-order valence-electron chi connectivity index (χ1n) is 8.35. The molecule has 2 aromatic heterocycles. The van der Waals surface area contributed by atoms with E-state index in [9.17, 15) is 9.59 Å². The predicted molar refractivity (Wildman–Crippen MR) is 85.8 cm³/mol. The van der Waals surface area contributed by atoms with Crippen LogP contribution in [0.3, 0.4) is 0 Å². The predicted octanol–water partition coefficient (Wildman–Crippen LogP) is 2.22. The lowest BCUT2D eigenvalue weighted by Gasteiger charge is -2.16. The van der Waals surface area contributed by atoms with E-state index in [0.717, 1.165) is 30.1 Å². The third-order valence-corrected chi connectivity index (χ3v) is 4.80. The van der Waals surface area contributed by atoms with Crippen molar-refractivity contribution in [1.29, 1.82) is 0 Å². The number of ketones is 1. The van der Waals surface area contributed by atoms with Crippen molar-refractivity contribution in [2.24, 2.45) is 13.0 Å². The first-order valence-corrected chi connectivity index (χ1v) is 8.35. The molecule has 0 spiro atoms. The third kappa shape index (κ3) is 2.64. The lowest BCUT2D eigenvalue weighted by molar-refractivity contribution is -0.120. The van der Waals surface area contributed by atoms with Gasteiger partial charge in [0.15, 0.2) is 5.78 Å². The number of Topliss-reactive ketones (excluding diaryl/α,β-unsaturated/α-hetero) is 1. The summed E-state index contributed by atoms with van der Waals surface area (Å²) in [5.41, 5.74) is 1.22. The number of aryl methyl sites for hydroxylation is 2. The van der Waals surface area contributed by atoms with E-state index in [1.165, 1.54) is 0 Å². The second kappa shape index (κ2) is 5.58. The summed E-state index contributed by atoms with van der Waals surface area (Å²) in [7, 11) is 1.82. The summed E-state index contributed by atoms with van der Waals surface area (Å²) in [6.45, 7) is 2.51. The fraction of sp³-hybridized carbons (Fsp3) is 0.529. The van der Waals surface area contributed by atoms with Gasteiger partial charge < -0.3 is 4.52 Å². The number of hydrogen-bond donors (Lipinski definition) is 0. The van der Waals surface area contributed by atoms with E-state index in [4.69, 9.17) is 4.52 Å². The molecule has 7 heteroatoms. The molecule has 1 atom stereocenters. The zero-order chi connectivity index (χ0) is 16.8. The van der Waals surface area contributed by atoms with Gasteiger partial charge in [0.25, 0.3) is 0 Å². The van der Waals surface area contributed by atoms with Crippen LogP contribution in [0.5, 0.6) is 0 Å². The van der Waals surface area contributed by atoms with Crippen molar-refractivity contribution in [2.75, 3.05) is 11.4 Å². The standard InChI is InChI=1S/C17H20N4O3/c1-10-7-16(20(2)18-10)21-6-5-12(17(21)23)8-14(22)13-9-15(24-19-13)11-3-4-11/h7,9,11-12H,3-6,8H2,1-2H3. The van der Waals surface area contributed by atoms with Crippen LogP contribution in [0.2, 0.25) is 0 Å². The van der Waals surface area contributed by atoms with Crippen LogP contribution in [0.15, 0.2) is 16.7 Å². The summed E-state index contributed by atoms with van der Waals surface area (Å²) in [4.78, 5) is 26.8. The number of anilines is 1. The number of nitrogens with zero attached hydrogens (tertiary/aromatic N) is 4. The van der Waals surface area contributed by atoms with E-state index in [1.54, 1.807) is 15.6 Å². The van der Waals surface area contributed by atoms with E-state index in [0.29, 0.717) is 24.6 Å². The van der Waals surface area contributed by atoms with Crippen molar-refractivity contribution in [3.8, 4) is 0 Å². The Morgan fingerprint density at radius 1 is 1.33 bits per heavy atom. The third-order valence-electron chi connectivity index (χ3n) is 4.80. The van der Waals surface area contributed by atoms with E-state index in [2.05, 4.69) is 10.3 Å². The van der Waals surface area contributed by atoms with Crippen LogP contribution in [-0.4, -0.2) is 33.2 Å². The van der Waals surface area contributed by atoms with Gasteiger partial charge in [0.1, 0.15) is 17.3 Å². The molecule has 1 amide bonds. The van der Waals surface area contributed by atoms with Crippen LogP contribution in [0.4, 0.5) is 5.82 Å². The van der Waals surface area contributed by atoms with Crippen molar-refractivity contribution in [2.45, 2.75) is 38.5 Å². The maximum absolute atomic E-state index is 12.6. The number of amides is 1. The Bertz CT molecular complexity index is 803. The minimum atomic E-state index is -0.297. The Labute approximate surface area is 139 Å². The molecule has 7 nitrogen and oxygen atoms in total. The molecule has 126 valence electrons. The molecule has 0 N–H and O–H groups in total. The Balaban J connectivity index is 1.44. The molecule has 3 heterocycles. The minimum Gasteiger partial charge on any atom is -0.360 e. The zero-order valence-electron chi connectivity index (χ0n) is 13.9. The Morgan fingerprint density at radius 3 is 2.79 bits per heavy atom. The average molecular weight is 328 g/mol. The van der Waals surface area contributed by atoms with Gasteiger partial charge in [-0.05, 0) is 26.2 Å². The van der Waals surface area contributed by atoms with Crippen LogP contribution < -0.4 is 4.90 Å². The molecular formula is C17H20N4O3. The Kier molecular flexibility index (Phi) is 3.51. The first kappa shape index (κ1) is 15.1. The molecule has 2 aromatic rings. The summed E-state index contributed by atoms with van der Waals surface area (Å²) in [6, 6.07) is 3.63. The molecule has 2 aliphatic rings. The van der Waals surface area contributed by atoms with Crippen molar-refractivity contribution in [3.63, 3.8) is 0 Å². The van der Waals surface area contributed by atoms with E-state index < -0.39 is 0 Å². The quantitative estimate of drug-likeness (QED) is 0.786. The molecule has 0 aromatic carbocycles. The highest BCUT2D eigenvalue weighted by molar-refractivity contribution is 6.02. The normalized spacial score (nSPS) is 20.8. The second-order valence-electron chi connectivity index (χ2n) is 6.76. The van der Waals surface area contributed by atoms with Gasteiger partial charge in [-0.1, -0.05) is 5.16 Å². The van der Waals surface area contributed by atoms with Gasteiger partial charge in [-0.3, -0.25) is 19.2 Å². The maximum Gasteiger partial charge on any atom is 0.231 e. The van der Waals surface area contributed by atoms with Gasteiger partial charge in [-0.25, -0.2) is 0 Å². The molecule has 1 aliphatic heterocycles. The second-order valence-corrected chi connectivity index (χ2v) is 6.76. The van der Waals surface area contributed by atoms with Crippen LogP contribution >= 0.6 is 0 Å². The molecule has 1 aliphatic carbocycles. The number of rotatable bonds is 5. The SMILES string of the molecule is Cc1cc(N2CCC(CC(=O)c3cc(C4CC4)on3)C2=O)n(C)n1. The Morgan fingerprint density at radius 2 is 2.12 bits per heavy atom. The van der Waals surface area contributed by atoms with Crippen LogP contribution in [-0.2, 0) is 11.8 Å². The summed E-state index contributed by atoms with van der Waals surface area (Å²) in [6.07, 6.45) is 3.05. The number of carbonyl (C=O) groups is 2. The van der Waals surface area contributed by atoms with Crippen LogP contribution in [0.25, 0.3) is 0 Å². The van der Waals surface area contributed by atoms with Crippen molar-refractivity contribution < 1.29 is 14.1 Å². The van der Waals surface area contributed by atoms with Gasteiger partial charge >= 0.3 is 0 Å². The molecule has 0 radical (unpaired) electrons. The van der Waals surface area contributed by atoms with Gasteiger partial charge in [-0.15, -0.1) is 0 Å². The minimum absolute atomic E-state index is 0.0164. The number of carbonyl (C=O) groups excluding carboxylic acids is 2. The summed E-state index contributed by atoms with van der Waals surface area (Å²) in [5, 5.41) is 8.16. The molecule has 1 saturated carbocycles. The highest BCUT2D eigenvalue weighted by Crippen LogP contribution is 2.40. The highest BCUT2D eigenvalue weighted by atomic mass is 16.5. The van der Waals surface area contributed by atoms with Crippen LogP contribution in [0, 0.1) is 12.8 Å². The molecular weight excluding hydrogens is 308 g/mol. The van der Waals surface area contributed by atoms with E-state index in [1.807, 2.05) is 20.0 Å². The van der Waals surface area contributed by atoms with Gasteiger partial charge in [0.2, 0.25) is 5.91 Å². The van der Waals surface area contributed by atoms with Gasteiger partial charge in [0.05, 0.1) is 5.69 Å². The van der Waals surface area contributed by atoms with Crippen molar-refractivity contribution in [3.05, 3.63) is 29.3 Å². The van der Waals surface area contributed by atoms with Gasteiger partial charge in [0, 0.05) is 44.0 Å². The van der Waals surface area contributed by atoms with Crippen molar-refractivity contribution >= 4 is 17.5 Å². The van der Waals surface area contributed by atoms with E-state index in [-0.39, 0.29) is 24.0 Å². The fourth-order valence-corrected chi connectivity index (χ4v) is 3.31. The summed E-state index contributed by atoms with van der Waals surface area (Å²) in [5.74, 6) is 1.57. The fourth-order valence-electron chi connectivity index (χ4n) is 3.31. The lowest BCUT2D eigenvalue weighted by Crippen LogP contribution is -2.29. The Hall–Kier alpha value is -2.44. The lowest BCUT2D eigenvalue weighted by atomic mass is 9.99. The smallest absolute Gasteiger partial charge is 0.231 e. The van der Waals surface area contributed by atoms with Gasteiger partial charge in [-0.2, -0.15) is 5.10 Å².